The Morgan fingerprint density at radius 3 is 2.37 bits per heavy atom. The molecule has 5 rings (SSSR count). The number of benzene rings is 2. The summed E-state index contributed by atoms with van der Waals surface area (Å²) in [4.78, 5) is 20.1. The summed E-state index contributed by atoms with van der Waals surface area (Å²) in [6.45, 7) is 5.21. The maximum Gasteiger partial charge on any atom is 0.159 e. The van der Waals surface area contributed by atoms with Crippen molar-refractivity contribution in [3.63, 3.8) is 0 Å². The highest BCUT2D eigenvalue weighted by atomic mass is 15.2. The van der Waals surface area contributed by atoms with Crippen LogP contribution in [-0.4, -0.2) is 37.9 Å². The predicted molar refractivity (Wildman–Crippen MR) is 119 cm³/mol. The Kier molecular flexibility index (Phi) is 5.11. The van der Waals surface area contributed by atoms with Crippen LogP contribution in [0.1, 0.15) is 29.4 Å². The number of H-pyrrole nitrogens is 1. The predicted octanol–water partition coefficient (Wildman–Crippen LogP) is 4.83. The minimum Gasteiger partial charge on any atom is -0.345 e. The number of hydrogen-bond donors (Lipinski definition) is 1. The van der Waals surface area contributed by atoms with Crippen molar-refractivity contribution in [2.75, 3.05) is 13.1 Å². The Hall–Kier alpha value is -3.31. The molecule has 1 fully saturated rings. The van der Waals surface area contributed by atoms with Crippen LogP contribution in [0.15, 0.2) is 73.1 Å². The lowest BCUT2D eigenvalue weighted by Crippen LogP contribution is -2.19. The van der Waals surface area contributed by atoms with E-state index in [1.54, 1.807) is 0 Å². The van der Waals surface area contributed by atoms with Crippen molar-refractivity contribution in [1.82, 2.24) is 24.8 Å². The lowest BCUT2D eigenvalue weighted by atomic mass is 10.1. The van der Waals surface area contributed by atoms with E-state index in [0.29, 0.717) is 5.92 Å². The second kappa shape index (κ2) is 8.20. The molecule has 1 N–H and O–H groups in total. The number of likely N-dealkylation sites (tertiary alicyclic amines) is 1. The van der Waals surface area contributed by atoms with Crippen LogP contribution in [0.3, 0.4) is 0 Å². The van der Waals surface area contributed by atoms with Gasteiger partial charge in [0.2, 0.25) is 0 Å². The fraction of sp³-hybridized carbons (Fsp3) is 0.240. The van der Waals surface area contributed by atoms with Crippen molar-refractivity contribution in [3.8, 4) is 22.6 Å². The van der Waals surface area contributed by atoms with Gasteiger partial charge in [0.1, 0.15) is 5.82 Å². The highest BCUT2D eigenvalue weighted by Crippen LogP contribution is 2.30. The third kappa shape index (κ3) is 3.89. The zero-order chi connectivity index (χ0) is 20.3. The number of aromatic amines is 1. The minimum absolute atomic E-state index is 0.436. The quantitative estimate of drug-likeness (QED) is 0.526. The average molecular weight is 396 g/mol. The third-order valence-corrected chi connectivity index (χ3v) is 5.77. The molecule has 4 aromatic rings. The molecular weight excluding hydrogens is 370 g/mol. The maximum atomic E-state index is 4.94. The van der Waals surface area contributed by atoms with Crippen LogP contribution >= 0.6 is 0 Å². The van der Waals surface area contributed by atoms with E-state index in [4.69, 9.17) is 4.98 Å². The Bertz CT molecular complexity index is 1100. The molecule has 0 radical (unpaired) electrons. The average Bonchev–Trinajstić information content (AvgIpc) is 3.42. The van der Waals surface area contributed by atoms with Gasteiger partial charge in [0.05, 0.1) is 5.69 Å². The van der Waals surface area contributed by atoms with Crippen LogP contribution in [0.2, 0.25) is 0 Å². The zero-order valence-corrected chi connectivity index (χ0v) is 17.1. The topological polar surface area (TPSA) is 57.7 Å². The smallest absolute Gasteiger partial charge is 0.159 e. The number of nitrogens with zero attached hydrogens (tertiary/aromatic N) is 4. The first-order valence-electron chi connectivity index (χ1n) is 10.5. The van der Waals surface area contributed by atoms with Gasteiger partial charge in [0.25, 0.3) is 0 Å². The summed E-state index contributed by atoms with van der Waals surface area (Å²) >= 11 is 0. The summed E-state index contributed by atoms with van der Waals surface area (Å²) in [5.74, 6) is 2.25. The van der Waals surface area contributed by atoms with Crippen LogP contribution in [0.5, 0.6) is 0 Å². The molecule has 0 unspecified atom stereocenters. The molecule has 1 aliphatic rings. The third-order valence-electron chi connectivity index (χ3n) is 5.77. The van der Waals surface area contributed by atoms with Gasteiger partial charge in [-0.05, 0) is 25.5 Å². The molecule has 2 aromatic carbocycles. The van der Waals surface area contributed by atoms with Gasteiger partial charge in [-0.25, -0.2) is 15.0 Å². The number of nitrogens with one attached hydrogen (secondary N) is 1. The number of aryl methyl sites for hydroxylation is 1. The zero-order valence-electron chi connectivity index (χ0n) is 17.1. The SMILES string of the molecule is Cc1[nH]c([C@H]2CCN(Cc3ccccc3)C2)nc1-c1cnc(-c2ccccc2)nc1. The number of rotatable bonds is 5. The molecule has 5 heteroatoms. The van der Waals surface area contributed by atoms with Crippen LogP contribution in [0.25, 0.3) is 22.6 Å². The van der Waals surface area contributed by atoms with E-state index in [1.165, 1.54) is 5.56 Å². The van der Waals surface area contributed by atoms with Gasteiger partial charge in [0.15, 0.2) is 5.82 Å². The number of aromatic nitrogens is 4. The van der Waals surface area contributed by atoms with Crippen molar-refractivity contribution in [2.24, 2.45) is 0 Å². The van der Waals surface area contributed by atoms with Gasteiger partial charge in [-0.1, -0.05) is 60.7 Å². The Morgan fingerprint density at radius 1 is 0.933 bits per heavy atom. The van der Waals surface area contributed by atoms with Crippen molar-refractivity contribution in [3.05, 3.63) is 90.1 Å². The molecule has 0 spiro atoms. The van der Waals surface area contributed by atoms with E-state index in [2.05, 4.69) is 57.1 Å². The van der Waals surface area contributed by atoms with Crippen molar-refractivity contribution in [2.45, 2.75) is 25.8 Å². The van der Waals surface area contributed by atoms with Crippen molar-refractivity contribution < 1.29 is 0 Å². The largest absolute Gasteiger partial charge is 0.345 e. The first kappa shape index (κ1) is 18.7. The van der Waals surface area contributed by atoms with E-state index >= 15 is 0 Å². The van der Waals surface area contributed by atoms with E-state index < -0.39 is 0 Å². The van der Waals surface area contributed by atoms with Gasteiger partial charge >= 0.3 is 0 Å². The van der Waals surface area contributed by atoms with Crippen molar-refractivity contribution in [1.29, 1.82) is 0 Å². The molecule has 0 bridgehead atoms. The molecule has 150 valence electrons. The van der Waals surface area contributed by atoms with Crippen LogP contribution < -0.4 is 0 Å². The maximum absolute atomic E-state index is 4.94. The highest BCUT2D eigenvalue weighted by Gasteiger charge is 2.27. The Morgan fingerprint density at radius 2 is 1.63 bits per heavy atom. The molecule has 0 aliphatic carbocycles. The second-order valence-electron chi connectivity index (χ2n) is 7.96. The van der Waals surface area contributed by atoms with E-state index in [9.17, 15) is 0 Å². The Balaban J connectivity index is 1.30. The van der Waals surface area contributed by atoms with Gasteiger partial charge in [-0.15, -0.1) is 0 Å². The van der Waals surface area contributed by atoms with Crippen LogP contribution in [0, 0.1) is 6.92 Å². The molecule has 1 atom stereocenters. The Labute approximate surface area is 176 Å². The molecule has 30 heavy (non-hydrogen) atoms. The second-order valence-corrected chi connectivity index (χ2v) is 7.96. The fourth-order valence-electron chi connectivity index (χ4n) is 4.19. The van der Waals surface area contributed by atoms with Gasteiger partial charge < -0.3 is 4.98 Å². The monoisotopic (exact) mass is 395 g/mol. The molecular formula is C25H25N5. The summed E-state index contributed by atoms with van der Waals surface area (Å²) in [6, 6.07) is 20.7. The molecule has 1 saturated heterocycles. The molecule has 0 amide bonds. The molecule has 5 nitrogen and oxygen atoms in total. The summed E-state index contributed by atoms with van der Waals surface area (Å²) < 4.78 is 0. The summed E-state index contributed by atoms with van der Waals surface area (Å²) in [5, 5.41) is 0. The molecule has 3 heterocycles. The first-order chi connectivity index (χ1) is 14.8. The highest BCUT2D eigenvalue weighted by molar-refractivity contribution is 5.62. The first-order valence-corrected chi connectivity index (χ1v) is 10.5. The minimum atomic E-state index is 0.436. The molecule has 1 aliphatic heterocycles. The summed E-state index contributed by atoms with van der Waals surface area (Å²) in [6.07, 6.45) is 4.87. The number of hydrogen-bond acceptors (Lipinski definition) is 4. The van der Waals surface area contributed by atoms with E-state index in [-0.39, 0.29) is 0 Å². The van der Waals surface area contributed by atoms with Crippen LogP contribution in [-0.2, 0) is 6.54 Å². The fourth-order valence-corrected chi connectivity index (χ4v) is 4.19. The molecule has 0 saturated carbocycles. The summed E-state index contributed by atoms with van der Waals surface area (Å²) in [7, 11) is 0. The van der Waals surface area contributed by atoms with Crippen LogP contribution in [0.4, 0.5) is 0 Å². The lowest BCUT2D eigenvalue weighted by molar-refractivity contribution is 0.326. The summed E-state index contributed by atoms with van der Waals surface area (Å²) in [5.41, 5.74) is 5.36. The van der Waals surface area contributed by atoms with E-state index in [0.717, 1.165) is 60.2 Å². The van der Waals surface area contributed by atoms with E-state index in [1.807, 2.05) is 42.7 Å². The van der Waals surface area contributed by atoms with Gasteiger partial charge in [-0.3, -0.25) is 4.90 Å². The van der Waals surface area contributed by atoms with Gasteiger partial charge in [-0.2, -0.15) is 0 Å². The normalized spacial score (nSPS) is 16.8. The van der Waals surface area contributed by atoms with Crippen molar-refractivity contribution >= 4 is 0 Å². The molecule has 2 aromatic heterocycles. The number of imidazole rings is 1. The standard InChI is InChI=1S/C25H25N5/c1-18-23(22-14-26-24(27-15-22)20-10-6-3-7-11-20)29-25(28-18)21-12-13-30(17-21)16-19-8-4-2-5-9-19/h2-11,14-15,21H,12-13,16-17H2,1H3,(H,28,29)/t21-/m0/s1. The lowest BCUT2D eigenvalue weighted by Gasteiger charge is -2.15. The van der Waals surface area contributed by atoms with Gasteiger partial charge in [0, 0.05) is 48.2 Å².